The number of carboxylic acids is 2. The fourth-order valence-electron chi connectivity index (χ4n) is 11.7. The van der Waals surface area contributed by atoms with Gasteiger partial charge >= 0.3 is 11.9 Å². The largest absolute Gasteiger partial charge is 0.508 e. The first kappa shape index (κ1) is 101. The summed E-state index contributed by atoms with van der Waals surface area (Å²) in [6.45, 7) is -0.831. The number of phenols is 1. The van der Waals surface area contributed by atoms with E-state index in [0.29, 0.717) is 27.6 Å². The maximum Gasteiger partial charge on any atom is 0.326 e. The Labute approximate surface area is 697 Å². The third-order valence-corrected chi connectivity index (χ3v) is 18.3. The zero-order valence-corrected chi connectivity index (χ0v) is 67.1. The molecule has 122 heavy (non-hydrogen) atoms. The number of hydrogen-bond donors (Lipinski definition) is 31. The lowest BCUT2D eigenvalue weighted by atomic mass is 10.0. The van der Waals surface area contributed by atoms with Crippen LogP contribution >= 0.6 is 0 Å². The molecule has 0 spiro atoms. The van der Waals surface area contributed by atoms with Crippen molar-refractivity contribution >= 4 is 117 Å². The quantitative estimate of drug-likeness (QED) is 0.0111. The maximum atomic E-state index is 14.8. The Kier molecular flexibility index (Phi) is 42.5. The van der Waals surface area contributed by atoms with Gasteiger partial charge in [0.15, 0.2) is 11.9 Å². The van der Waals surface area contributed by atoms with Gasteiger partial charge in [-0.25, -0.2) is 4.79 Å². The molecule has 0 unspecified atom stereocenters. The topological polar surface area (TPSA) is 789 Å². The number of guanidine groups is 2. The number of nitrogens with one attached hydrogen (secondary N) is 19. The number of nitrogens with two attached hydrogens (primary N) is 3. The third-order valence-electron chi connectivity index (χ3n) is 18.3. The zero-order valence-electron chi connectivity index (χ0n) is 67.1. The number of phenolic OH excluding ortho intramolecular Hbond substituents is 1. The molecular formula is C75H110N22O25. The van der Waals surface area contributed by atoms with Crippen molar-refractivity contribution < 1.29 is 123 Å². The molecule has 670 valence electrons. The fourth-order valence-corrected chi connectivity index (χ4v) is 11.7. The number of H-pyrrole nitrogens is 1. The van der Waals surface area contributed by atoms with Crippen LogP contribution in [-0.4, -0.2) is 301 Å². The third kappa shape index (κ3) is 34.6. The normalized spacial score (nSPS) is 14.8. The van der Waals surface area contributed by atoms with E-state index in [1.807, 2.05) is 0 Å². The van der Waals surface area contributed by atoms with Crippen LogP contribution in [0.15, 0.2) is 85.1 Å². The van der Waals surface area contributed by atoms with Gasteiger partial charge in [-0.1, -0.05) is 74.5 Å². The smallest absolute Gasteiger partial charge is 0.326 e. The Bertz CT molecular complexity index is 4270. The van der Waals surface area contributed by atoms with E-state index in [-0.39, 0.29) is 69.2 Å². The highest BCUT2D eigenvalue weighted by atomic mass is 16.4. The number of aromatic nitrogens is 1. The highest BCUT2D eigenvalue weighted by molar-refractivity contribution is 6.01. The number of benzene rings is 3. The van der Waals surface area contributed by atoms with Crippen LogP contribution in [0.5, 0.6) is 5.75 Å². The molecule has 34 N–H and O–H groups in total. The first-order valence-electron chi connectivity index (χ1n) is 38.4. The van der Waals surface area contributed by atoms with Gasteiger partial charge in [0.1, 0.15) is 90.3 Å². The predicted octanol–water partition coefficient (Wildman–Crippen LogP) is -10.9. The molecular weight excluding hydrogens is 1610 g/mol. The minimum absolute atomic E-state index is 0.0774. The number of carbonyl (C=O) groups is 16. The molecule has 47 nitrogen and oxygen atoms in total. The molecule has 0 aliphatic heterocycles. The Balaban J connectivity index is 1.56. The van der Waals surface area contributed by atoms with Gasteiger partial charge in [0.25, 0.3) is 0 Å². The van der Waals surface area contributed by atoms with Crippen LogP contribution in [0.25, 0.3) is 10.9 Å². The van der Waals surface area contributed by atoms with E-state index in [1.165, 1.54) is 49.5 Å². The van der Waals surface area contributed by atoms with E-state index >= 15 is 0 Å². The van der Waals surface area contributed by atoms with Crippen LogP contribution in [0.4, 0.5) is 0 Å². The number of para-hydroxylation sites is 1. The van der Waals surface area contributed by atoms with E-state index in [9.17, 15) is 123 Å². The lowest BCUT2D eigenvalue weighted by Crippen LogP contribution is -2.62. The van der Waals surface area contributed by atoms with Crippen molar-refractivity contribution in [2.24, 2.45) is 23.1 Å². The summed E-state index contributed by atoms with van der Waals surface area (Å²) in [6.07, 6.45) is -3.29. The molecule has 1 heterocycles. The average Bonchev–Trinajstić information content (AvgIpc) is 1.67. The minimum Gasteiger partial charge on any atom is -0.508 e. The number of carbonyl (C=O) groups excluding carboxylic acids is 14. The summed E-state index contributed by atoms with van der Waals surface area (Å²) in [5, 5.41) is 143. The molecule has 0 radical (unpaired) electrons. The number of hydrogen-bond acceptors (Lipinski definition) is 26. The lowest BCUT2D eigenvalue weighted by Gasteiger charge is -2.28. The molecule has 14 amide bonds. The van der Waals surface area contributed by atoms with E-state index in [1.54, 1.807) is 56.3 Å². The number of amides is 14. The molecule has 0 fully saturated rings. The van der Waals surface area contributed by atoms with Crippen LogP contribution in [-0.2, 0) is 96.0 Å². The van der Waals surface area contributed by atoms with Crippen LogP contribution in [0.1, 0.15) is 82.9 Å². The van der Waals surface area contributed by atoms with Gasteiger partial charge in [-0.2, -0.15) is 0 Å². The molecule has 47 heteroatoms. The highest BCUT2D eigenvalue weighted by Crippen LogP contribution is 2.21. The number of fused-ring (bicyclic) bond motifs is 1. The highest BCUT2D eigenvalue weighted by Gasteiger charge is 2.39. The van der Waals surface area contributed by atoms with E-state index in [0.717, 1.165) is 6.92 Å². The van der Waals surface area contributed by atoms with Crippen molar-refractivity contribution in [3.05, 3.63) is 102 Å². The van der Waals surface area contributed by atoms with Gasteiger partial charge in [0.2, 0.25) is 82.7 Å². The van der Waals surface area contributed by atoms with Crippen molar-refractivity contribution in [2.45, 2.75) is 176 Å². The van der Waals surface area contributed by atoms with Crippen LogP contribution in [0.2, 0.25) is 0 Å². The number of aromatic amines is 1. The number of aliphatic carboxylic acids is 2. The van der Waals surface area contributed by atoms with Crippen LogP contribution < -0.4 is 102 Å². The summed E-state index contributed by atoms with van der Waals surface area (Å²) in [5.41, 5.74) is 17.9. The Morgan fingerprint density at radius 2 is 0.828 bits per heavy atom. The second-order valence-corrected chi connectivity index (χ2v) is 28.6. The molecule has 0 aliphatic rings. The van der Waals surface area contributed by atoms with Crippen molar-refractivity contribution in [3.8, 4) is 5.75 Å². The molecule has 4 aromatic rings. The SMILES string of the molecule is CC(C)C[C@H](NC(=O)[C@H](CO)NC(=O)[C@@H](N)CO)C(=O)N[C@H](C(=O)N[C@@H](CO)C(=O)N[C@@H](CCCNC(=N)N)C(=O)N[C@@H](CC(=O)O)C(=O)N[C@@H](Cc1ccccc1)C(=O)NCC(=O)N[C@@H](CO)C(=O)N[C@@H](Cc1c[nH]c2ccccc12)C(=O)N[C@@H](Cc1ccc(O)cc1)C(=O)N[C@@H](C)C(=O)N[C@@H](CO)C(=O)N[C@@H](CCCNC(=N)N)C(=O)O)[C@@H](C)O. The van der Waals surface area contributed by atoms with Crippen molar-refractivity contribution in [2.75, 3.05) is 52.7 Å². The van der Waals surface area contributed by atoms with E-state index in [2.05, 4.69) is 90.1 Å². The monoisotopic (exact) mass is 1720 g/mol. The molecule has 1 aromatic heterocycles. The van der Waals surface area contributed by atoms with Crippen LogP contribution in [0.3, 0.4) is 0 Å². The van der Waals surface area contributed by atoms with Gasteiger partial charge in [-0.3, -0.25) is 82.7 Å². The lowest BCUT2D eigenvalue weighted by molar-refractivity contribution is -0.143. The fraction of sp³-hybridized carbons (Fsp3) is 0.493. The van der Waals surface area contributed by atoms with Crippen molar-refractivity contribution in [1.29, 1.82) is 10.8 Å². The van der Waals surface area contributed by atoms with Gasteiger partial charge in [0, 0.05) is 49.5 Å². The minimum atomic E-state index is -2.11. The average molecular weight is 1720 g/mol. The number of carboxylic acid groups (broad SMARTS) is 2. The second kappa shape index (κ2) is 51.3. The summed E-state index contributed by atoms with van der Waals surface area (Å²) < 4.78 is 0. The predicted molar refractivity (Wildman–Crippen MR) is 430 cm³/mol. The number of aliphatic hydroxyl groups excluding tert-OH is 6. The van der Waals surface area contributed by atoms with Gasteiger partial charge in [0.05, 0.1) is 52.1 Å². The summed E-state index contributed by atoms with van der Waals surface area (Å²) >= 11 is 0. The molecule has 0 saturated carbocycles. The molecule has 15 atom stereocenters. The molecule has 4 rings (SSSR count). The number of aromatic hydroxyl groups is 1. The Morgan fingerprint density at radius 3 is 1.34 bits per heavy atom. The molecule has 3 aromatic carbocycles. The first-order chi connectivity index (χ1) is 57.7. The number of aliphatic hydroxyl groups is 6. The molecule has 0 aliphatic carbocycles. The summed E-state index contributed by atoms with van der Waals surface area (Å²) in [6, 6.07) is -4.51. The van der Waals surface area contributed by atoms with Gasteiger partial charge in [-0.05, 0) is 86.8 Å². The number of rotatable bonds is 53. The summed E-state index contributed by atoms with van der Waals surface area (Å²) in [5.74, 6) is -21.0. The Hall–Kier alpha value is -13.2. The van der Waals surface area contributed by atoms with E-state index in [4.69, 9.17) is 28.0 Å². The first-order valence-corrected chi connectivity index (χ1v) is 38.4. The van der Waals surface area contributed by atoms with Gasteiger partial charge < -0.3 is 153 Å². The van der Waals surface area contributed by atoms with Crippen molar-refractivity contribution in [1.82, 2.24) is 90.1 Å². The van der Waals surface area contributed by atoms with Crippen LogP contribution in [0, 0.1) is 16.7 Å². The second-order valence-electron chi connectivity index (χ2n) is 28.6. The Morgan fingerprint density at radius 1 is 0.418 bits per heavy atom. The molecule has 0 saturated heterocycles. The summed E-state index contributed by atoms with van der Waals surface area (Å²) in [7, 11) is 0. The van der Waals surface area contributed by atoms with E-state index < -0.39 is 250 Å². The summed E-state index contributed by atoms with van der Waals surface area (Å²) in [4.78, 5) is 222. The van der Waals surface area contributed by atoms with Gasteiger partial charge in [-0.15, -0.1) is 0 Å². The maximum absolute atomic E-state index is 14.8. The van der Waals surface area contributed by atoms with Crippen molar-refractivity contribution in [3.63, 3.8) is 0 Å². The zero-order chi connectivity index (χ0) is 91.0. The molecule has 0 bridgehead atoms. The standard InChI is InChI=1S/C75H110N22O25/c1-36(2)24-48(89-71(119)55(34-101)95-61(109)44(76)31-98)67(115)97-59(38(4)103)72(120)96-56(35-102)69(117)87-46(16-10-22-81-74(77)78)63(111)93-52(28-58(106)107)66(114)90-49(25-39-12-6-5-7-13-39)62(110)84-30-57(105)86-53(32-99)68(116)92-51(27-41-29-83-45-15-9-8-14-43(41)45)65(113)91-50(26-40-18-20-42(104)21-19-40)64(112)85-37(3)60(108)94-54(33-100)70(118)88-47(73(121)122)17-11-23-82-75(79)80/h5-9,12-15,18-21,29,36-38,44,46-56,59,83,98-104H,10-11,16-17,22-28,30-35,76H2,1-4H3,(H,84,110)(H,85,112)(H,86,105)(H,87,117)(H,88,118)(H,89,119)(H,90,114)(H,91,113)(H,92,116)(H,93,111)(H,94,108)(H,95,109)(H,96,120)(H,97,115)(H,106,107)(H,121,122)(H4,77,78,81)(H4,79,80,82)/t37-,38+,44-,46-,47-,48-,49-,50-,51-,52-,53-,54-,55-,56-,59-/m0/s1.